The van der Waals surface area contributed by atoms with Gasteiger partial charge < -0.3 is 10.2 Å². The molecule has 1 heterocycles. The van der Waals surface area contributed by atoms with Crippen molar-refractivity contribution in [2.45, 2.75) is 57.9 Å². The van der Waals surface area contributed by atoms with Crippen LogP contribution < -0.4 is 5.32 Å². The van der Waals surface area contributed by atoms with Crippen LogP contribution in [0.1, 0.15) is 51.9 Å². The van der Waals surface area contributed by atoms with E-state index in [1.165, 1.54) is 71.1 Å². The summed E-state index contributed by atoms with van der Waals surface area (Å²) < 4.78 is 0. The molecule has 0 aromatic heterocycles. The second-order valence-electron chi connectivity index (χ2n) is 6.64. The van der Waals surface area contributed by atoms with Gasteiger partial charge in [-0.3, -0.25) is 0 Å². The first-order chi connectivity index (χ1) is 8.32. The van der Waals surface area contributed by atoms with Crippen molar-refractivity contribution in [1.29, 1.82) is 0 Å². The summed E-state index contributed by atoms with van der Waals surface area (Å²) in [6, 6.07) is 0.808. The molecular formula is C15H28N2. The van der Waals surface area contributed by atoms with Crippen LogP contribution in [0.3, 0.4) is 0 Å². The summed E-state index contributed by atoms with van der Waals surface area (Å²) in [7, 11) is 0. The lowest BCUT2D eigenvalue weighted by Gasteiger charge is -2.35. The Morgan fingerprint density at radius 3 is 2.35 bits per heavy atom. The number of nitrogens with one attached hydrogen (secondary N) is 1. The smallest absolute Gasteiger partial charge is 0.00914 e. The Morgan fingerprint density at radius 1 is 1.12 bits per heavy atom. The maximum Gasteiger partial charge on any atom is 0.00914 e. The van der Waals surface area contributed by atoms with E-state index in [4.69, 9.17) is 0 Å². The summed E-state index contributed by atoms with van der Waals surface area (Å²) in [6.45, 7) is 7.58. The molecule has 0 amide bonds. The van der Waals surface area contributed by atoms with Gasteiger partial charge in [0.15, 0.2) is 0 Å². The van der Waals surface area contributed by atoms with Gasteiger partial charge in [0.2, 0.25) is 0 Å². The van der Waals surface area contributed by atoms with Gasteiger partial charge in [0.1, 0.15) is 0 Å². The van der Waals surface area contributed by atoms with E-state index in [0.29, 0.717) is 0 Å². The SMILES string of the molecule is CCCNC1CCN(CC2(C3CC3)CC2)CC1. The molecule has 0 aromatic carbocycles. The zero-order valence-electron chi connectivity index (χ0n) is 11.4. The third kappa shape index (κ3) is 2.85. The highest BCUT2D eigenvalue weighted by Gasteiger charge is 2.54. The number of nitrogens with zero attached hydrogens (tertiary/aromatic N) is 1. The van der Waals surface area contributed by atoms with Crippen LogP contribution in [0.2, 0.25) is 0 Å². The van der Waals surface area contributed by atoms with Gasteiger partial charge in [0.25, 0.3) is 0 Å². The van der Waals surface area contributed by atoms with Gasteiger partial charge >= 0.3 is 0 Å². The van der Waals surface area contributed by atoms with Crippen molar-refractivity contribution in [3.05, 3.63) is 0 Å². The van der Waals surface area contributed by atoms with Gasteiger partial charge in [0.05, 0.1) is 0 Å². The molecule has 2 saturated carbocycles. The fourth-order valence-corrected chi connectivity index (χ4v) is 3.64. The zero-order chi connectivity index (χ0) is 11.7. The standard InChI is InChI=1S/C15H28N2/c1-2-9-16-14-5-10-17(11-6-14)12-15(7-8-15)13-3-4-13/h13-14,16H,2-12H2,1H3. The molecule has 0 aromatic rings. The van der Waals surface area contributed by atoms with E-state index in [-0.39, 0.29) is 0 Å². The summed E-state index contributed by atoms with van der Waals surface area (Å²) in [6.07, 6.45) is 10.2. The van der Waals surface area contributed by atoms with E-state index in [2.05, 4.69) is 17.1 Å². The lowest BCUT2D eigenvalue weighted by molar-refractivity contribution is 0.155. The molecule has 0 unspecified atom stereocenters. The van der Waals surface area contributed by atoms with E-state index in [1.54, 1.807) is 0 Å². The van der Waals surface area contributed by atoms with Gasteiger partial charge in [0, 0.05) is 12.6 Å². The Labute approximate surface area is 106 Å². The first-order valence-corrected chi connectivity index (χ1v) is 7.78. The number of rotatable bonds is 6. The molecule has 2 nitrogen and oxygen atoms in total. The average molecular weight is 236 g/mol. The lowest BCUT2D eigenvalue weighted by atomic mass is 9.97. The highest BCUT2D eigenvalue weighted by molar-refractivity contribution is 5.05. The molecule has 98 valence electrons. The maximum atomic E-state index is 3.68. The van der Waals surface area contributed by atoms with E-state index in [0.717, 1.165) is 17.4 Å². The largest absolute Gasteiger partial charge is 0.314 e. The Kier molecular flexibility index (Phi) is 3.45. The van der Waals surface area contributed by atoms with Crippen LogP contribution in [0.15, 0.2) is 0 Å². The maximum absolute atomic E-state index is 3.68. The minimum atomic E-state index is 0.808. The molecule has 0 spiro atoms. The second kappa shape index (κ2) is 4.89. The van der Waals surface area contributed by atoms with E-state index in [9.17, 15) is 0 Å². The van der Waals surface area contributed by atoms with Crippen molar-refractivity contribution in [1.82, 2.24) is 10.2 Å². The summed E-state index contributed by atoms with van der Waals surface area (Å²) >= 11 is 0. The van der Waals surface area contributed by atoms with Crippen LogP contribution in [0, 0.1) is 11.3 Å². The van der Waals surface area contributed by atoms with E-state index < -0.39 is 0 Å². The summed E-state index contributed by atoms with van der Waals surface area (Å²) in [5, 5.41) is 3.68. The Hall–Kier alpha value is -0.0800. The monoisotopic (exact) mass is 236 g/mol. The first-order valence-electron chi connectivity index (χ1n) is 7.78. The number of likely N-dealkylation sites (tertiary alicyclic amines) is 1. The number of piperidine rings is 1. The van der Waals surface area contributed by atoms with E-state index in [1.807, 2.05) is 0 Å². The topological polar surface area (TPSA) is 15.3 Å². The van der Waals surface area contributed by atoms with Gasteiger partial charge in [-0.2, -0.15) is 0 Å². The molecule has 1 N–H and O–H groups in total. The van der Waals surface area contributed by atoms with Gasteiger partial charge in [-0.1, -0.05) is 6.92 Å². The van der Waals surface area contributed by atoms with Crippen molar-refractivity contribution in [2.75, 3.05) is 26.2 Å². The third-order valence-electron chi connectivity index (χ3n) is 5.14. The van der Waals surface area contributed by atoms with Gasteiger partial charge in [-0.15, -0.1) is 0 Å². The molecule has 0 bridgehead atoms. The van der Waals surface area contributed by atoms with Gasteiger partial charge in [-0.25, -0.2) is 0 Å². The molecule has 3 fully saturated rings. The molecule has 17 heavy (non-hydrogen) atoms. The molecular weight excluding hydrogens is 208 g/mol. The van der Waals surface area contributed by atoms with Crippen LogP contribution >= 0.6 is 0 Å². The molecule has 3 rings (SSSR count). The third-order valence-corrected chi connectivity index (χ3v) is 5.14. The van der Waals surface area contributed by atoms with Crippen molar-refractivity contribution in [3.8, 4) is 0 Å². The fraction of sp³-hybridized carbons (Fsp3) is 1.00. The number of hydrogen-bond acceptors (Lipinski definition) is 2. The first kappa shape index (κ1) is 12.0. The minimum Gasteiger partial charge on any atom is -0.314 e. The lowest BCUT2D eigenvalue weighted by Crippen LogP contribution is -2.44. The quantitative estimate of drug-likeness (QED) is 0.763. The van der Waals surface area contributed by atoms with Crippen molar-refractivity contribution < 1.29 is 0 Å². The Balaban J connectivity index is 1.39. The second-order valence-corrected chi connectivity index (χ2v) is 6.64. The Morgan fingerprint density at radius 2 is 1.82 bits per heavy atom. The predicted molar refractivity (Wildman–Crippen MR) is 72.1 cm³/mol. The van der Waals surface area contributed by atoms with Crippen LogP contribution in [-0.4, -0.2) is 37.1 Å². The molecule has 0 atom stereocenters. The normalized spacial score (nSPS) is 29.5. The summed E-state index contributed by atoms with van der Waals surface area (Å²) in [4.78, 5) is 2.76. The molecule has 0 radical (unpaired) electrons. The summed E-state index contributed by atoms with van der Waals surface area (Å²) in [5.74, 6) is 1.12. The molecule has 2 heteroatoms. The van der Waals surface area contributed by atoms with Crippen molar-refractivity contribution in [2.24, 2.45) is 11.3 Å². The molecule has 3 aliphatic rings. The fourth-order valence-electron chi connectivity index (χ4n) is 3.64. The summed E-state index contributed by atoms with van der Waals surface area (Å²) in [5.41, 5.74) is 0.809. The molecule has 1 aliphatic heterocycles. The van der Waals surface area contributed by atoms with E-state index >= 15 is 0 Å². The zero-order valence-corrected chi connectivity index (χ0v) is 11.4. The van der Waals surface area contributed by atoms with Crippen molar-refractivity contribution in [3.63, 3.8) is 0 Å². The average Bonchev–Trinajstić information content (AvgIpc) is 3.21. The Bertz CT molecular complexity index is 248. The molecule has 2 aliphatic carbocycles. The highest BCUT2D eigenvalue weighted by Crippen LogP contribution is 2.61. The van der Waals surface area contributed by atoms with Crippen LogP contribution in [-0.2, 0) is 0 Å². The van der Waals surface area contributed by atoms with Crippen LogP contribution in [0.5, 0.6) is 0 Å². The highest BCUT2D eigenvalue weighted by atomic mass is 15.2. The molecule has 1 saturated heterocycles. The van der Waals surface area contributed by atoms with Crippen LogP contribution in [0.4, 0.5) is 0 Å². The number of hydrogen-bond donors (Lipinski definition) is 1. The minimum absolute atomic E-state index is 0.808. The van der Waals surface area contributed by atoms with Crippen LogP contribution in [0.25, 0.3) is 0 Å². The predicted octanol–water partition coefficient (Wildman–Crippen LogP) is 2.64. The van der Waals surface area contributed by atoms with Crippen molar-refractivity contribution >= 4 is 0 Å². The van der Waals surface area contributed by atoms with Gasteiger partial charge in [-0.05, 0) is 75.9 Å².